The first-order valence-corrected chi connectivity index (χ1v) is 11.2. The molecule has 1 aliphatic heterocycles. The Morgan fingerprint density at radius 1 is 1.24 bits per heavy atom. The zero-order valence-electron chi connectivity index (χ0n) is 18.3. The average molecular weight is 494 g/mol. The Balaban J connectivity index is 1.61. The quantitative estimate of drug-likeness (QED) is 0.486. The van der Waals surface area contributed by atoms with Crippen molar-refractivity contribution in [3.8, 4) is 0 Å². The molecule has 0 bridgehead atoms. The van der Waals surface area contributed by atoms with Crippen molar-refractivity contribution in [1.82, 2.24) is 30.4 Å². The third kappa shape index (κ3) is 6.46. The molecule has 3 rings (SSSR count). The first kappa shape index (κ1) is 24.6. The van der Waals surface area contributed by atoms with Crippen LogP contribution in [0.1, 0.15) is 20.4 Å². The maximum atomic E-state index is 12.6. The topological polar surface area (TPSA) is 137 Å². The molecule has 0 fully saturated rings. The molecular formula is C20H24ClN7O4S. The molecule has 4 amide bonds. The number of hydrogen-bond acceptors (Lipinski definition) is 8. The highest BCUT2D eigenvalue weighted by Gasteiger charge is 2.27. The number of hydrogen-bond donors (Lipinski definition) is 3. The number of likely N-dealkylation sites (N-methyl/N-ethyl adjacent to an activating group) is 2. The van der Waals surface area contributed by atoms with Crippen LogP contribution in [0.3, 0.4) is 0 Å². The van der Waals surface area contributed by atoms with Gasteiger partial charge >= 0.3 is 11.8 Å². The van der Waals surface area contributed by atoms with Crippen molar-refractivity contribution in [3.05, 3.63) is 38.9 Å². The summed E-state index contributed by atoms with van der Waals surface area (Å²) in [6.45, 7) is 1.39. The smallest absolute Gasteiger partial charge is 0.314 e. The number of nitrogens with one attached hydrogen (secondary N) is 3. The van der Waals surface area contributed by atoms with Crippen LogP contribution in [0.15, 0.2) is 18.3 Å². The molecule has 13 heteroatoms. The fourth-order valence-corrected chi connectivity index (χ4v) is 4.27. The largest absolute Gasteiger partial charge is 0.347 e. The van der Waals surface area contributed by atoms with Crippen molar-refractivity contribution in [2.45, 2.75) is 19.0 Å². The molecule has 0 radical (unpaired) electrons. The summed E-state index contributed by atoms with van der Waals surface area (Å²) >= 11 is 7.05. The SMILES string of the molecule is CN1CCc2nc(C(=O)NC[C@@H](NC(=O)C(=O)Nc3ccc(Cl)cn3)C(=O)N(C)C)sc2C1. The molecule has 0 aliphatic carbocycles. The number of nitrogens with zero attached hydrogens (tertiary/aromatic N) is 4. The summed E-state index contributed by atoms with van der Waals surface area (Å²) in [5.41, 5.74) is 0.907. The third-order valence-electron chi connectivity index (χ3n) is 4.80. The molecular weight excluding hydrogens is 470 g/mol. The number of amides is 4. The van der Waals surface area contributed by atoms with Crippen molar-refractivity contribution >= 4 is 52.4 Å². The molecule has 2 aromatic rings. The first-order chi connectivity index (χ1) is 15.6. The predicted molar refractivity (Wildman–Crippen MR) is 123 cm³/mol. The first-order valence-electron chi connectivity index (χ1n) is 10.0. The number of fused-ring (bicyclic) bond motifs is 1. The van der Waals surface area contributed by atoms with Crippen LogP contribution in [0.4, 0.5) is 5.82 Å². The van der Waals surface area contributed by atoms with Crippen LogP contribution in [0.5, 0.6) is 0 Å². The number of aromatic nitrogens is 2. The molecule has 3 heterocycles. The van der Waals surface area contributed by atoms with Gasteiger partial charge in [-0.1, -0.05) is 11.6 Å². The summed E-state index contributed by atoms with van der Waals surface area (Å²) in [4.78, 5) is 62.4. The molecule has 0 unspecified atom stereocenters. The predicted octanol–water partition coefficient (Wildman–Crippen LogP) is 0.121. The van der Waals surface area contributed by atoms with Crippen LogP contribution in [0, 0.1) is 0 Å². The van der Waals surface area contributed by atoms with E-state index in [1.165, 1.54) is 48.7 Å². The van der Waals surface area contributed by atoms with Gasteiger partial charge in [-0.15, -0.1) is 11.3 Å². The zero-order chi connectivity index (χ0) is 24.1. The monoisotopic (exact) mass is 493 g/mol. The van der Waals surface area contributed by atoms with Crippen molar-refractivity contribution in [1.29, 1.82) is 0 Å². The standard InChI is InChI=1S/C20H24ClN7O4S/c1-27(2)20(32)13(24-16(29)17(30)26-15-5-4-11(21)8-22-15)9-23-18(31)19-25-12-6-7-28(3)10-14(12)33-19/h4-5,8,13H,6-7,9-10H2,1-3H3,(H,23,31)(H,24,29)(H,22,26,30)/t13-/m1/s1. The normalized spacial score (nSPS) is 14.1. The van der Waals surface area contributed by atoms with Crippen LogP contribution >= 0.6 is 22.9 Å². The molecule has 0 aromatic carbocycles. The minimum absolute atomic E-state index is 0.127. The highest BCUT2D eigenvalue weighted by atomic mass is 35.5. The summed E-state index contributed by atoms with van der Waals surface area (Å²) in [5.74, 6) is -2.86. The lowest BCUT2D eigenvalue weighted by Crippen LogP contribution is -2.54. The summed E-state index contributed by atoms with van der Waals surface area (Å²) in [6, 6.07) is 1.78. The van der Waals surface area contributed by atoms with Gasteiger partial charge in [-0.3, -0.25) is 19.2 Å². The second-order valence-electron chi connectivity index (χ2n) is 7.66. The van der Waals surface area contributed by atoms with Crippen molar-refractivity contribution in [2.75, 3.05) is 39.5 Å². The Labute approximate surface area is 199 Å². The molecule has 0 saturated heterocycles. The van der Waals surface area contributed by atoms with E-state index in [1.54, 1.807) is 0 Å². The third-order valence-corrected chi connectivity index (χ3v) is 6.11. The summed E-state index contributed by atoms with van der Waals surface area (Å²) in [6.07, 6.45) is 2.09. The Kier molecular flexibility index (Phi) is 7.95. The molecule has 3 N–H and O–H groups in total. The van der Waals surface area contributed by atoms with Gasteiger partial charge in [-0.2, -0.15) is 0 Å². The Morgan fingerprint density at radius 2 is 2.00 bits per heavy atom. The molecule has 33 heavy (non-hydrogen) atoms. The molecule has 11 nitrogen and oxygen atoms in total. The number of carbonyl (C=O) groups excluding carboxylic acids is 4. The van der Waals surface area contributed by atoms with Gasteiger partial charge in [-0.25, -0.2) is 9.97 Å². The number of pyridine rings is 1. The number of rotatable bonds is 6. The van der Waals surface area contributed by atoms with Gasteiger partial charge in [0.15, 0.2) is 5.01 Å². The van der Waals surface area contributed by atoms with Crippen LogP contribution < -0.4 is 16.0 Å². The Hall–Kier alpha value is -3.09. The van der Waals surface area contributed by atoms with E-state index in [1.807, 2.05) is 7.05 Å². The highest BCUT2D eigenvalue weighted by Crippen LogP contribution is 2.24. The second-order valence-corrected chi connectivity index (χ2v) is 9.18. The van der Waals surface area contributed by atoms with Crippen molar-refractivity contribution in [2.24, 2.45) is 0 Å². The lowest BCUT2D eigenvalue weighted by Gasteiger charge is -2.21. The van der Waals surface area contributed by atoms with Gasteiger partial charge in [0.1, 0.15) is 11.9 Å². The van der Waals surface area contributed by atoms with Crippen LogP contribution in [-0.4, -0.2) is 83.7 Å². The number of anilines is 1. The number of thiazole rings is 1. The van der Waals surface area contributed by atoms with Gasteiger partial charge in [0.25, 0.3) is 5.91 Å². The molecule has 0 saturated carbocycles. The van der Waals surface area contributed by atoms with Gasteiger partial charge in [0, 0.05) is 51.2 Å². The van der Waals surface area contributed by atoms with E-state index < -0.39 is 29.7 Å². The Bertz CT molecular complexity index is 1060. The van der Waals surface area contributed by atoms with Crippen LogP contribution in [0.25, 0.3) is 0 Å². The molecule has 176 valence electrons. The maximum Gasteiger partial charge on any atom is 0.314 e. The minimum atomic E-state index is -1.15. The number of carbonyl (C=O) groups is 4. The van der Waals surface area contributed by atoms with Gasteiger partial charge < -0.3 is 25.8 Å². The lowest BCUT2D eigenvalue weighted by atomic mass is 10.2. The van der Waals surface area contributed by atoms with E-state index in [4.69, 9.17) is 11.6 Å². The van der Waals surface area contributed by atoms with Crippen molar-refractivity contribution < 1.29 is 19.2 Å². The van der Waals surface area contributed by atoms with Gasteiger partial charge in [0.05, 0.1) is 10.7 Å². The van der Waals surface area contributed by atoms with E-state index in [0.717, 1.165) is 30.1 Å². The van der Waals surface area contributed by atoms with Gasteiger partial charge in [0.2, 0.25) is 5.91 Å². The second kappa shape index (κ2) is 10.7. The van der Waals surface area contributed by atoms with E-state index in [0.29, 0.717) is 10.0 Å². The van der Waals surface area contributed by atoms with E-state index in [2.05, 4.69) is 30.8 Å². The van der Waals surface area contributed by atoms with Crippen LogP contribution in [0.2, 0.25) is 5.02 Å². The molecule has 0 spiro atoms. The van der Waals surface area contributed by atoms with Crippen molar-refractivity contribution in [3.63, 3.8) is 0 Å². The average Bonchev–Trinajstić information content (AvgIpc) is 3.20. The highest BCUT2D eigenvalue weighted by molar-refractivity contribution is 7.13. The van der Waals surface area contributed by atoms with E-state index >= 15 is 0 Å². The summed E-state index contributed by atoms with van der Waals surface area (Å²) in [7, 11) is 5.01. The van der Waals surface area contributed by atoms with Gasteiger partial charge in [-0.05, 0) is 19.2 Å². The lowest BCUT2D eigenvalue weighted by molar-refractivity contribution is -0.139. The minimum Gasteiger partial charge on any atom is -0.347 e. The zero-order valence-corrected chi connectivity index (χ0v) is 19.9. The molecule has 2 aromatic heterocycles. The van der Waals surface area contributed by atoms with E-state index in [9.17, 15) is 19.2 Å². The summed E-state index contributed by atoms with van der Waals surface area (Å²) in [5, 5.41) is 7.97. The Morgan fingerprint density at radius 3 is 2.67 bits per heavy atom. The van der Waals surface area contributed by atoms with Crippen LogP contribution in [-0.2, 0) is 27.3 Å². The van der Waals surface area contributed by atoms with E-state index in [-0.39, 0.29) is 12.4 Å². The number of halogens is 1. The maximum absolute atomic E-state index is 12.6. The molecule has 1 atom stereocenters. The fraction of sp³-hybridized carbons (Fsp3) is 0.400. The molecule has 1 aliphatic rings. The fourth-order valence-electron chi connectivity index (χ4n) is 3.05. The summed E-state index contributed by atoms with van der Waals surface area (Å²) < 4.78 is 0.